The van der Waals surface area contributed by atoms with E-state index in [-0.39, 0.29) is 23.6 Å². The van der Waals surface area contributed by atoms with Gasteiger partial charge in [-0.3, -0.25) is 14.4 Å². The maximum Gasteiger partial charge on any atom is 0.254 e. The van der Waals surface area contributed by atoms with Crippen LogP contribution in [0.5, 0.6) is 5.75 Å². The van der Waals surface area contributed by atoms with Gasteiger partial charge in [0.1, 0.15) is 5.75 Å². The molecule has 0 radical (unpaired) electrons. The van der Waals surface area contributed by atoms with Gasteiger partial charge in [-0.05, 0) is 48.1 Å². The van der Waals surface area contributed by atoms with E-state index in [4.69, 9.17) is 4.74 Å². The summed E-state index contributed by atoms with van der Waals surface area (Å²) in [4.78, 5) is 42.0. The smallest absolute Gasteiger partial charge is 0.254 e. The van der Waals surface area contributed by atoms with Crippen molar-refractivity contribution in [2.75, 3.05) is 34.3 Å². The highest BCUT2D eigenvalue weighted by molar-refractivity contribution is 6.08. The molecule has 1 fully saturated rings. The summed E-state index contributed by atoms with van der Waals surface area (Å²) in [7, 11) is 5.00. The average Bonchev–Trinajstić information content (AvgIpc) is 2.91. The minimum absolute atomic E-state index is 0.0254. The summed E-state index contributed by atoms with van der Waals surface area (Å²) < 4.78 is 5.46. The largest absolute Gasteiger partial charge is 0.496 e. The minimum atomic E-state index is -0.243. The van der Waals surface area contributed by atoms with Crippen LogP contribution < -0.4 is 10.1 Å². The Hall–Kier alpha value is -3.87. The minimum Gasteiger partial charge on any atom is -0.496 e. The van der Waals surface area contributed by atoms with Crippen molar-refractivity contribution in [1.82, 2.24) is 15.1 Å². The van der Waals surface area contributed by atoms with Crippen LogP contribution in [0.3, 0.4) is 0 Å². The molecule has 0 saturated carbocycles. The van der Waals surface area contributed by atoms with Gasteiger partial charge in [-0.25, -0.2) is 0 Å². The zero-order valence-electron chi connectivity index (χ0n) is 20.4. The number of benzene rings is 3. The number of nitrogens with one attached hydrogen (secondary N) is 1. The van der Waals surface area contributed by atoms with Crippen molar-refractivity contribution in [3.8, 4) is 5.75 Å². The maximum atomic E-state index is 13.5. The molecule has 1 aliphatic rings. The van der Waals surface area contributed by atoms with Gasteiger partial charge in [0.2, 0.25) is 5.91 Å². The Balaban J connectivity index is 1.45. The second-order valence-electron chi connectivity index (χ2n) is 8.92. The molecule has 0 aromatic heterocycles. The summed E-state index contributed by atoms with van der Waals surface area (Å²) in [5.74, 6) is 0.310. The van der Waals surface area contributed by atoms with Gasteiger partial charge in [0.25, 0.3) is 11.8 Å². The quantitative estimate of drug-likeness (QED) is 0.592. The second-order valence-corrected chi connectivity index (χ2v) is 8.92. The molecule has 7 nitrogen and oxygen atoms in total. The highest BCUT2D eigenvalue weighted by atomic mass is 16.5. The number of piperidine rings is 1. The Labute approximate surface area is 205 Å². The van der Waals surface area contributed by atoms with Crippen LogP contribution in [0.2, 0.25) is 0 Å². The number of hydrogen-bond donors (Lipinski definition) is 1. The summed E-state index contributed by atoms with van der Waals surface area (Å²) in [6, 6.07) is 18.6. The van der Waals surface area contributed by atoms with Crippen molar-refractivity contribution in [2.45, 2.75) is 19.4 Å². The Morgan fingerprint density at radius 2 is 1.74 bits per heavy atom. The molecule has 4 rings (SSSR count). The topological polar surface area (TPSA) is 79.0 Å². The second kappa shape index (κ2) is 10.6. The van der Waals surface area contributed by atoms with E-state index in [2.05, 4.69) is 5.32 Å². The average molecular weight is 474 g/mol. The molecule has 1 saturated heterocycles. The van der Waals surface area contributed by atoms with Crippen LogP contribution in [0, 0.1) is 5.92 Å². The molecule has 3 amide bonds. The van der Waals surface area contributed by atoms with E-state index < -0.39 is 0 Å². The zero-order valence-corrected chi connectivity index (χ0v) is 20.4. The van der Waals surface area contributed by atoms with E-state index in [1.165, 1.54) is 0 Å². The SMILES string of the molecule is CNC(=O)c1ccc(CN(C)C(=O)C2CCCN(C(=O)c3ccc(OC)c4ccccc34)C2)cc1. The lowest BCUT2D eigenvalue weighted by molar-refractivity contribution is -0.136. The molecule has 1 N–H and O–H groups in total. The van der Waals surface area contributed by atoms with Crippen LogP contribution in [0.25, 0.3) is 10.8 Å². The first-order valence-electron chi connectivity index (χ1n) is 11.8. The number of nitrogens with zero attached hydrogens (tertiary/aromatic N) is 2. The van der Waals surface area contributed by atoms with Crippen LogP contribution in [-0.4, -0.2) is 61.8 Å². The molecule has 1 unspecified atom stereocenters. The fourth-order valence-corrected chi connectivity index (χ4v) is 4.74. The van der Waals surface area contributed by atoms with Gasteiger partial charge in [-0.15, -0.1) is 0 Å². The molecular formula is C28H31N3O4. The van der Waals surface area contributed by atoms with E-state index in [0.717, 1.165) is 34.9 Å². The van der Waals surface area contributed by atoms with E-state index in [1.807, 2.05) is 48.5 Å². The molecule has 35 heavy (non-hydrogen) atoms. The van der Waals surface area contributed by atoms with Gasteiger partial charge in [0.15, 0.2) is 0 Å². The molecule has 3 aromatic rings. The fourth-order valence-electron chi connectivity index (χ4n) is 4.74. The lowest BCUT2D eigenvalue weighted by atomic mass is 9.95. The summed E-state index contributed by atoms with van der Waals surface area (Å²) in [5.41, 5.74) is 2.15. The monoisotopic (exact) mass is 473 g/mol. The highest BCUT2D eigenvalue weighted by Gasteiger charge is 2.31. The van der Waals surface area contributed by atoms with Gasteiger partial charge in [-0.1, -0.05) is 36.4 Å². The van der Waals surface area contributed by atoms with Crippen molar-refractivity contribution < 1.29 is 19.1 Å². The van der Waals surface area contributed by atoms with Crippen LogP contribution >= 0.6 is 0 Å². The van der Waals surface area contributed by atoms with Crippen LogP contribution in [0.4, 0.5) is 0 Å². The highest BCUT2D eigenvalue weighted by Crippen LogP contribution is 2.30. The first-order chi connectivity index (χ1) is 16.9. The maximum absolute atomic E-state index is 13.5. The molecule has 0 spiro atoms. The fraction of sp³-hybridized carbons (Fsp3) is 0.321. The lowest BCUT2D eigenvalue weighted by Crippen LogP contribution is -2.45. The van der Waals surface area contributed by atoms with Gasteiger partial charge in [-0.2, -0.15) is 0 Å². The third-order valence-corrected chi connectivity index (χ3v) is 6.63. The Bertz CT molecular complexity index is 1240. The first kappa shape index (κ1) is 24.3. The molecule has 1 heterocycles. The molecule has 0 bridgehead atoms. The summed E-state index contributed by atoms with van der Waals surface area (Å²) in [6.07, 6.45) is 1.54. The first-order valence-corrected chi connectivity index (χ1v) is 11.8. The Morgan fingerprint density at radius 1 is 1.03 bits per heavy atom. The van der Waals surface area contributed by atoms with E-state index in [9.17, 15) is 14.4 Å². The summed E-state index contributed by atoms with van der Waals surface area (Å²) in [5, 5.41) is 4.35. The zero-order chi connectivity index (χ0) is 24.9. The van der Waals surface area contributed by atoms with E-state index in [1.54, 1.807) is 43.1 Å². The Morgan fingerprint density at radius 3 is 2.43 bits per heavy atom. The molecule has 7 heteroatoms. The van der Waals surface area contributed by atoms with Gasteiger partial charge in [0.05, 0.1) is 13.0 Å². The molecule has 0 aliphatic carbocycles. The number of fused-ring (bicyclic) bond motifs is 1. The third kappa shape index (κ3) is 5.14. The lowest BCUT2D eigenvalue weighted by Gasteiger charge is -2.34. The van der Waals surface area contributed by atoms with Gasteiger partial charge >= 0.3 is 0 Å². The van der Waals surface area contributed by atoms with Crippen molar-refractivity contribution in [3.05, 3.63) is 77.4 Å². The number of amides is 3. The number of methoxy groups -OCH3 is 1. The predicted octanol–water partition coefficient (Wildman–Crippen LogP) is 3.72. The van der Waals surface area contributed by atoms with Crippen molar-refractivity contribution in [3.63, 3.8) is 0 Å². The standard InChI is InChI=1S/C28H31N3O4/c1-29-26(32)20-12-10-19(11-13-20)17-30(2)27(33)21-7-6-16-31(18-21)28(34)24-14-15-25(35-3)23-9-5-4-8-22(23)24/h4-5,8-15,21H,6-7,16-18H2,1-3H3,(H,29,32). The number of rotatable bonds is 6. The molecule has 182 valence electrons. The Kier molecular flexibility index (Phi) is 7.34. The number of ether oxygens (including phenoxy) is 1. The summed E-state index contributed by atoms with van der Waals surface area (Å²) in [6.45, 7) is 1.48. The third-order valence-electron chi connectivity index (χ3n) is 6.63. The van der Waals surface area contributed by atoms with Crippen LogP contribution in [0.15, 0.2) is 60.7 Å². The van der Waals surface area contributed by atoms with Crippen molar-refractivity contribution in [2.24, 2.45) is 5.92 Å². The van der Waals surface area contributed by atoms with Gasteiger partial charge < -0.3 is 19.9 Å². The molecule has 3 aromatic carbocycles. The van der Waals surface area contributed by atoms with Crippen LogP contribution in [-0.2, 0) is 11.3 Å². The number of carbonyl (C=O) groups is 3. The molecular weight excluding hydrogens is 442 g/mol. The predicted molar refractivity (Wildman–Crippen MR) is 135 cm³/mol. The normalized spacial score (nSPS) is 15.5. The number of likely N-dealkylation sites (tertiary alicyclic amines) is 1. The van der Waals surface area contributed by atoms with Crippen molar-refractivity contribution >= 4 is 28.5 Å². The molecule has 1 aliphatic heterocycles. The van der Waals surface area contributed by atoms with Crippen LogP contribution in [0.1, 0.15) is 39.1 Å². The molecule has 1 atom stereocenters. The van der Waals surface area contributed by atoms with Crippen molar-refractivity contribution in [1.29, 1.82) is 0 Å². The van der Waals surface area contributed by atoms with E-state index in [0.29, 0.717) is 30.8 Å². The van der Waals surface area contributed by atoms with Gasteiger partial charge in [0, 0.05) is 50.2 Å². The number of hydrogen-bond acceptors (Lipinski definition) is 4. The summed E-state index contributed by atoms with van der Waals surface area (Å²) >= 11 is 0. The van der Waals surface area contributed by atoms with E-state index >= 15 is 0 Å². The number of carbonyl (C=O) groups excluding carboxylic acids is 3.